The second-order valence-electron chi connectivity index (χ2n) is 7.30. The molecule has 8 nitrogen and oxygen atoms in total. The van der Waals surface area contributed by atoms with Crippen LogP contribution in [0.15, 0.2) is 72.0 Å². The predicted octanol–water partition coefficient (Wildman–Crippen LogP) is 3.14. The lowest BCUT2D eigenvalue weighted by Gasteiger charge is -2.12. The SMILES string of the molecule is CN(C)S(=O)(=O)c1cccc(C(=O)Nc2cc3cc(-c4cnn(C)c4)ccc3cn2)c1. The van der Waals surface area contributed by atoms with Gasteiger partial charge in [-0.15, -0.1) is 0 Å². The van der Waals surface area contributed by atoms with Crippen LogP contribution >= 0.6 is 0 Å². The molecule has 0 unspecified atom stereocenters. The predicted molar refractivity (Wildman–Crippen MR) is 119 cm³/mol. The summed E-state index contributed by atoms with van der Waals surface area (Å²) in [7, 11) is 1.12. The average molecular weight is 436 g/mol. The number of nitrogens with one attached hydrogen (secondary N) is 1. The second kappa shape index (κ2) is 7.93. The molecule has 0 bridgehead atoms. The van der Waals surface area contributed by atoms with Crippen LogP contribution in [-0.2, 0) is 17.1 Å². The second-order valence-corrected chi connectivity index (χ2v) is 9.46. The van der Waals surface area contributed by atoms with E-state index < -0.39 is 15.9 Å². The molecule has 0 radical (unpaired) electrons. The summed E-state index contributed by atoms with van der Waals surface area (Å²) in [4.78, 5) is 17.1. The number of aromatic nitrogens is 3. The van der Waals surface area contributed by atoms with Gasteiger partial charge in [0.25, 0.3) is 5.91 Å². The highest BCUT2D eigenvalue weighted by Gasteiger charge is 2.19. The quantitative estimate of drug-likeness (QED) is 0.519. The lowest BCUT2D eigenvalue weighted by atomic mass is 10.1. The molecule has 0 saturated heterocycles. The zero-order chi connectivity index (χ0) is 22.2. The van der Waals surface area contributed by atoms with Crippen molar-refractivity contribution >= 4 is 32.5 Å². The van der Waals surface area contributed by atoms with E-state index in [1.807, 2.05) is 31.4 Å². The highest BCUT2D eigenvalue weighted by molar-refractivity contribution is 7.89. The molecule has 31 heavy (non-hydrogen) atoms. The van der Waals surface area contributed by atoms with E-state index in [1.54, 1.807) is 35.3 Å². The molecule has 0 aliphatic rings. The molecule has 2 heterocycles. The minimum atomic E-state index is -3.63. The Hall–Kier alpha value is -3.56. The first-order valence-electron chi connectivity index (χ1n) is 9.47. The maximum absolute atomic E-state index is 12.7. The van der Waals surface area contributed by atoms with Gasteiger partial charge in [0.1, 0.15) is 5.82 Å². The minimum absolute atomic E-state index is 0.0535. The highest BCUT2D eigenvalue weighted by atomic mass is 32.2. The lowest BCUT2D eigenvalue weighted by Crippen LogP contribution is -2.22. The topological polar surface area (TPSA) is 97.2 Å². The standard InChI is InChI=1S/C22H21N5O3S/c1-26(2)31(29,30)20-6-4-5-16(10-20)22(28)25-21-11-18-9-15(7-8-17(18)12-23-21)19-13-24-27(3)14-19/h4-14H,1-3H3,(H,23,25,28). The van der Waals surface area contributed by atoms with E-state index in [9.17, 15) is 13.2 Å². The maximum Gasteiger partial charge on any atom is 0.256 e. The summed E-state index contributed by atoms with van der Waals surface area (Å²) in [6.07, 6.45) is 5.41. The van der Waals surface area contributed by atoms with Gasteiger partial charge in [0.15, 0.2) is 0 Å². The Balaban J connectivity index is 1.62. The van der Waals surface area contributed by atoms with Gasteiger partial charge >= 0.3 is 0 Å². The third-order valence-corrected chi connectivity index (χ3v) is 6.69. The highest BCUT2D eigenvalue weighted by Crippen LogP contribution is 2.25. The first-order valence-corrected chi connectivity index (χ1v) is 10.9. The van der Waals surface area contributed by atoms with Crippen LogP contribution in [-0.4, -0.2) is 47.5 Å². The van der Waals surface area contributed by atoms with Crippen molar-refractivity contribution in [1.82, 2.24) is 19.1 Å². The third kappa shape index (κ3) is 4.18. The van der Waals surface area contributed by atoms with Crippen molar-refractivity contribution in [2.45, 2.75) is 4.90 Å². The molecule has 1 amide bonds. The summed E-state index contributed by atoms with van der Waals surface area (Å²) in [6, 6.07) is 13.7. The molecule has 2 aromatic heterocycles. The van der Waals surface area contributed by atoms with Gasteiger partial charge in [0, 0.05) is 50.0 Å². The Kier molecular flexibility index (Phi) is 5.30. The normalized spacial score (nSPS) is 11.7. The molecule has 4 rings (SSSR count). The van der Waals surface area contributed by atoms with Crippen molar-refractivity contribution < 1.29 is 13.2 Å². The summed E-state index contributed by atoms with van der Waals surface area (Å²) in [5, 5.41) is 8.79. The molecule has 0 spiro atoms. The smallest absolute Gasteiger partial charge is 0.256 e. The fraction of sp³-hybridized carbons (Fsp3) is 0.136. The number of carbonyl (C=O) groups is 1. The Bertz CT molecular complexity index is 1390. The largest absolute Gasteiger partial charge is 0.307 e. The Labute approximate surface area is 180 Å². The number of hydrogen-bond donors (Lipinski definition) is 1. The third-order valence-electron chi connectivity index (χ3n) is 4.88. The molecule has 158 valence electrons. The molecular weight excluding hydrogens is 414 g/mol. The molecule has 0 aliphatic heterocycles. The van der Waals surface area contributed by atoms with Crippen molar-refractivity contribution in [3.8, 4) is 11.1 Å². The molecule has 4 aromatic rings. The molecule has 9 heteroatoms. The molecule has 0 saturated carbocycles. The first kappa shape index (κ1) is 20.7. The summed E-state index contributed by atoms with van der Waals surface area (Å²) < 4.78 is 27.5. The van der Waals surface area contributed by atoms with E-state index in [0.29, 0.717) is 5.82 Å². The van der Waals surface area contributed by atoms with E-state index in [-0.39, 0.29) is 10.5 Å². The molecule has 0 fully saturated rings. The number of rotatable bonds is 5. The van der Waals surface area contributed by atoms with E-state index in [1.165, 1.54) is 26.2 Å². The molecule has 2 aromatic carbocycles. The fourth-order valence-corrected chi connectivity index (χ4v) is 4.10. The number of pyridine rings is 1. The van der Waals surface area contributed by atoms with Crippen LogP contribution in [0.1, 0.15) is 10.4 Å². The fourth-order valence-electron chi connectivity index (χ4n) is 3.16. The minimum Gasteiger partial charge on any atom is -0.307 e. The van der Waals surface area contributed by atoms with E-state index in [0.717, 1.165) is 26.2 Å². The summed E-state index contributed by atoms with van der Waals surface area (Å²) >= 11 is 0. The van der Waals surface area contributed by atoms with Crippen LogP contribution in [0.5, 0.6) is 0 Å². The molecule has 1 N–H and O–H groups in total. The summed E-state index contributed by atoms with van der Waals surface area (Å²) in [6.45, 7) is 0. The van der Waals surface area contributed by atoms with Gasteiger partial charge in [-0.25, -0.2) is 17.7 Å². The van der Waals surface area contributed by atoms with Crippen LogP contribution < -0.4 is 5.32 Å². The van der Waals surface area contributed by atoms with Gasteiger partial charge in [-0.3, -0.25) is 9.48 Å². The van der Waals surface area contributed by atoms with Crippen LogP contribution in [0.2, 0.25) is 0 Å². The van der Waals surface area contributed by atoms with Gasteiger partial charge in [-0.1, -0.05) is 18.2 Å². The molecule has 0 aliphatic carbocycles. The van der Waals surface area contributed by atoms with Gasteiger partial charge in [0.2, 0.25) is 10.0 Å². The number of nitrogens with zero attached hydrogens (tertiary/aromatic N) is 4. The average Bonchev–Trinajstić information content (AvgIpc) is 3.19. The van der Waals surface area contributed by atoms with Crippen molar-refractivity contribution in [2.75, 3.05) is 19.4 Å². The number of sulfonamides is 1. The first-order chi connectivity index (χ1) is 14.7. The number of carbonyl (C=O) groups excluding carboxylic acids is 1. The zero-order valence-electron chi connectivity index (χ0n) is 17.3. The van der Waals surface area contributed by atoms with Gasteiger partial charge in [0.05, 0.1) is 11.1 Å². The number of hydrogen-bond acceptors (Lipinski definition) is 5. The van der Waals surface area contributed by atoms with Crippen LogP contribution in [0, 0.1) is 0 Å². The van der Waals surface area contributed by atoms with Crippen molar-refractivity contribution in [2.24, 2.45) is 7.05 Å². The van der Waals surface area contributed by atoms with Crippen LogP contribution in [0.3, 0.4) is 0 Å². The Morgan fingerprint density at radius 3 is 2.52 bits per heavy atom. The van der Waals surface area contributed by atoms with Crippen molar-refractivity contribution in [3.05, 3.63) is 72.7 Å². The van der Waals surface area contributed by atoms with Gasteiger partial charge in [-0.2, -0.15) is 5.10 Å². The van der Waals surface area contributed by atoms with Crippen molar-refractivity contribution in [1.29, 1.82) is 0 Å². The molecular formula is C22H21N5O3S. The van der Waals surface area contributed by atoms with E-state index in [4.69, 9.17) is 0 Å². The number of anilines is 1. The zero-order valence-corrected chi connectivity index (χ0v) is 18.1. The van der Waals surface area contributed by atoms with Crippen molar-refractivity contribution in [3.63, 3.8) is 0 Å². The number of benzene rings is 2. The molecule has 0 atom stereocenters. The summed E-state index contributed by atoms with van der Waals surface area (Å²) in [5.41, 5.74) is 2.23. The van der Waals surface area contributed by atoms with Gasteiger partial charge < -0.3 is 5.32 Å². The maximum atomic E-state index is 12.7. The van der Waals surface area contributed by atoms with Crippen LogP contribution in [0.4, 0.5) is 5.82 Å². The number of amides is 1. The van der Waals surface area contributed by atoms with Crippen LogP contribution in [0.25, 0.3) is 21.9 Å². The number of aryl methyl sites for hydroxylation is 1. The summed E-state index contributed by atoms with van der Waals surface area (Å²) in [5.74, 6) is -0.0622. The van der Waals surface area contributed by atoms with E-state index in [2.05, 4.69) is 15.4 Å². The Morgan fingerprint density at radius 2 is 1.81 bits per heavy atom. The monoisotopic (exact) mass is 435 g/mol. The number of fused-ring (bicyclic) bond motifs is 1. The van der Waals surface area contributed by atoms with E-state index >= 15 is 0 Å². The Morgan fingerprint density at radius 1 is 1.00 bits per heavy atom. The van der Waals surface area contributed by atoms with Gasteiger partial charge in [-0.05, 0) is 41.3 Å². The lowest BCUT2D eigenvalue weighted by molar-refractivity contribution is 0.102.